The summed E-state index contributed by atoms with van der Waals surface area (Å²) in [6, 6.07) is 6.43. The predicted molar refractivity (Wildman–Crippen MR) is 67.6 cm³/mol. The Labute approximate surface area is 103 Å². The highest BCUT2D eigenvalue weighted by Crippen LogP contribution is 2.09. The van der Waals surface area contributed by atoms with E-state index in [1.165, 1.54) is 0 Å². The number of rotatable bonds is 5. The van der Waals surface area contributed by atoms with E-state index in [4.69, 9.17) is 0 Å². The molecule has 1 aliphatic heterocycles. The maximum Gasteiger partial charge on any atom is 0.0680 e. The molecular formula is C13H21N3O. The number of likely N-dealkylation sites (N-methyl/N-ethyl adjacent to an activating group) is 1. The molecule has 0 radical (unpaired) electrons. The van der Waals surface area contributed by atoms with Crippen LogP contribution in [0.1, 0.15) is 19.0 Å². The minimum absolute atomic E-state index is 0.173. The average molecular weight is 235 g/mol. The fourth-order valence-corrected chi connectivity index (χ4v) is 2.27. The monoisotopic (exact) mass is 235 g/mol. The normalized spacial score (nSPS) is 24.4. The molecular weight excluding hydrogens is 214 g/mol. The first-order valence-electron chi connectivity index (χ1n) is 6.31. The molecule has 2 rings (SSSR count). The van der Waals surface area contributed by atoms with Crippen LogP contribution in [0.15, 0.2) is 24.4 Å². The third-order valence-electron chi connectivity index (χ3n) is 3.24. The Morgan fingerprint density at radius 3 is 3.00 bits per heavy atom. The number of hydrogen-bond donors (Lipinski definition) is 2. The lowest BCUT2D eigenvalue weighted by molar-refractivity contribution is 0.186. The molecule has 1 saturated heterocycles. The SMILES string of the molecule is CCN(Cc1ccccn1)CC1CC(O)CN1. The quantitative estimate of drug-likeness (QED) is 0.786. The van der Waals surface area contributed by atoms with Crippen LogP contribution >= 0.6 is 0 Å². The molecule has 4 heteroatoms. The zero-order chi connectivity index (χ0) is 12.1. The van der Waals surface area contributed by atoms with Gasteiger partial charge in [0.05, 0.1) is 11.8 Å². The Kier molecular flexibility index (Phi) is 4.48. The van der Waals surface area contributed by atoms with E-state index in [-0.39, 0.29) is 6.10 Å². The van der Waals surface area contributed by atoms with Crippen molar-refractivity contribution in [3.05, 3.63) is 30.1 Å². The van der Waals surface area contributed by atoms with Crippen molar-refractivity contribution >= 4 is 0 Å². The molecule has 2 heterocycles. The Morgan fingerprint density at radius 2 is 2.41 bits per heavy atom. The van der Waals surface area contributed by atoms with Crippen LogP contribution in [-0.2, 0) is 6.54 Å². The lowest BCUT2D eigenvalue weighted by Gasteiger charge is -2.23. The van der Waals surface area contributed by atoms with E-state index in [9.17, 15) is 5.11 Å². The number of β-amino-alcohol motifs (C(OH)–C–C–N with tert-alkyl or cyclic N) is 1. The summed E-state index contributed by atoms with van der Waals surface area (Å²) in [4.78, 5) is 6.70. The van der Waals surface area contributed by atoms with Gasteiger partial charge in [-0.25, -0.2) is 0 Å². The van der Waals surface area contributed by atoms with Crippen LogP contribution in [0.5, 0.6) is 0 Å². The summed E-state index contributed by atoms with van der Waals surface area (Å²) in [5.41, 5.74) is 1.10. The van der Waals surface area contributed by atoms with E-state index < -0.39 is 0 Å². The third-order valence-corrected chi connectivity index (χ3v) is 3.24. The summed E-state index contributed by atoms with van der Waals surface area (Å²) in [7, 11) is 0. The van der Waals surface area contributed by atoms with E-state index in [1.54, 1.807) is 0 Å². The van der Waals surface area contributed by atoms with Gasteiger partial charge in [0.15, 0.2) is 0 Å². The largest absolute Gasteiger partial charge is 0.392 e. The fourth-order valence-electron chi connectivity index (χ4n) is 2.27. The lowest BCUT2D eigenvalue weighted by atomic mass is 10.2. The van der Waals surface area contributed by atoms with Gasteiger partial charge in [0.2, 0.25) is 0 Å². The summed E-state index contributed by atoms with van der Waals surface area (Å²) in [6.45, 7) is 5.75. The number of pyridine rings is 1. The molecule has 2 unspecified atom stereocenters. The first-order valence-corrected chi connectivity index (χ1v) is 6.31. The van der Waals surface area contributed by atoms with E-state index in [2.05, 4.69) is 28.2 Å². The number of hydrogen-bond acceptors (Lipinski definition) is 4. The molecule has 0 spiro atoms. The molecule has 4 nitrogen and oxygen atoms in total. The van der Waals surface area contributed by atoms with Gasteiger partial charge >= 0.3 is 0 Å². The van der Waals surface area contributed by atoms with Gasteiger partial charge in [-0.3, -0.25) is 9.88 Å². The summed E-state index contributed by atoms with van der Waals surface area (Å²) in [6.07, 6.45) is 2.52. The van der Waals surface area contributed by atoms with Gasteiger partial charge in [-0.1, -0.05) is 13.0 Å². The summed E-state index contributed by atoms with van der Waals surface area (Å²) in [5.74, 6) is 0. The van der Waals surface area contributed by atoms with Crippen LogP contribution in [0.3, 0.4) is 0 Å². The minimum Gasteiger partial charge on any atom is -0.392 e. The smallest absolute Gasteiger partial charge is 0.0680 e. The Hall–Kier alpha value is -0.970. The van der Waals surface area contributed by atoms with Crippen molar-refractivity contribution in [3.63, 3.8) is 0 Å². The maximum atomic E-state index is 9.48. The number of aromatic nitrogens is 1. The van der Waals surface area contributed by atoms with Crippen LogP contribution in [0.2, 0.25) is 0 Å². The highest BCUT2D eigenvalue weighted by atomic mass is 16.3. The summed E-state index contributed by atoms with van der Waals surface area (Å²) < 4.78 is 0. The van der Waals surface area contributed by atoms with Gasteiger partial charge in [-0.2, -0.15) is 0 Å². The van der Waals surface area contributed by atoms with Gasteiger partial charge in [-0.15, -0.1) is 0 Å². The zero-order valence-corrected chi connectivity index (χ0v) is 10.3. The molecule has 1 aromatic heterocycles. The summed E-state index contributed by atoms with van der Waals surface area (Å²) >= 11 is 0. The number of aliphatic hydroxyl groups excluding tert-OH is 1. The molecule has 94 valence electrons. The van der Waals surface area contributed by atoms with Crippen molar-refractivity contribution in [2.75, 3.05) is 19.6 Å². The topological polar surface area (TPSA) is 48.4 Å². The standard InChI is InChI=1S/C13H21N3O/c1-2-16(9-11-5-3-4-6-14-11)10-12-7-13(17)8-15-12/h3-6,12-13,15,17H,2,7-10H2,1H3. The van der Waals surface area contributed by atoms with E-state index in [0.29, 0.717) is 6.04 Å². The van der Waals surface area contributed by atoms with E-state index in [1.807, 2.05) is 18.3 Å². The van der Waals surface area contributed by atoms with E-state index >= 15 is 0 Å². The number of aliphatic hydroxyl groups is 1. The summed E-state index contributed by atoms with van der Waals surface area (Å²) in [5, 5.41) is 12.8. The zero-order valence-electron chi connectivity index (χ0n) is 10.3. The molecule has 0 aliphatic carbocycles. The third kappa shape index (κ3) is 3.77. The second-order valence-electron chi connectivity index (χ2n) is 4.64. The van der Waals surface area contributed by atoms with Gasteiger partial charge in [0, 0.05) is 31.9 Å². The van der Waals surface area contributed by atoms with Gasteiger partial charge in [0.25, 0.3) is 0 Å². The van der Waals surface area contributed by atoms with Gasteiger partial charge in [-0.05, 0) is 25.1 Å². The first kappa shape index (κ1) is 12.5. The molecule has 0 aromatic carbocycles. The molecule has 1 fully saturated rings. The predicted octanol–water partition coefficient (Wildman–Crippen LogP) is 0.626. The first-order chi connectivity index (χ1) is 8.28. The Bertz CT molecular complexity index is 331. The van der Waals surface area contributed by atoms with Crippen LogP contribution in [0.25, 0.3) is 0 Å². The number of nitrogens with one attached hydrogen (secondary N) is 1. The van der Waals surface area contributed by atoms with Crippen molar-refractivity contribution < 1.29 is 5.11 Å². The molecule has 0 bridgehead atoms. The molecule has 0 amide bonds. The molecule has 17 heavy (non-hydrogen) atoms. The van der Waals surface area contributed by atoms with Crippen LogP contribution < -0.4 is 5.32 Å². The lowest BCUT2D eigenvalue weighted by Crippen LogP contribution is -2.37. The van der Waals surface area contributed by atoms with Crippen molar-refractivity contribution in [2.24, 2.45) is 0 Å². The molecule has 2 atom stereocenters. The number of nitrogens with zero attached hydrogens (tertiary/aromatic N) is 2. The average Bonchev–Trinajstić information content (AvgIpc) is 2.75. The Morgan fingerprint density at radius 1 is 1.53 bits per heavy atom. The molecule has 1 aromatic rings. The Balaban J connectivity index is 1.85. The molecule has 0 saturated carbocycles. The molecule has 1 aliphatic rings. The molecule has 2 N–H and O–H groups in total. The van der Waals surface area contributed by atoms with Crippen LogP contribution in [0.4, 0.5) is 0 Å². The van der Waals surface area contributed by atoms with Crippen LogP contribution in [-0.4, -0.2) is 46.8 Å². The van der Waals surface area contributed by atoms with Crippen molar-refractivity contribution in [3.8, 4) is 0 Å². The maximum absolute atomic E-state index is 9.48. The second-order valence-corrected chi connectivity index (χ2v) is 4.64. The van der Waals surface area contributed by atoms with Crippen molar-refractivity contribution in [2.45, 2.75) is 32.0 Å². The minimum atomic E-state index is -0.173. The second kappa shape index (κ2) is 6.10. The van der Waals surface area contributed by atoms with Gasteiger partial charge in [0.1, 0.15) is 0 Å². The van der Waals surface area contributed by atoms with E-state index in [0.717, 1.165) is 38.3 Å². The highest BCUT2D eigenvalue weighted by Gasteiger charge is 2.23. The fraction of sp³-hybridized carbons (Fsp3) is 0.615. The van der Waals surface area contributed by atoms with Crippen LogP contribution in [0, 0.1) is 0 Å². The van der Waals surface area contributed by atoms with Gasteiger partial charge < -0.3 is 10.4 Å². The van der Waals surface area contributed by atoms with Crippen molar-refractivity contribution in [1.29, 1.82) is 0 Å². The van der Waals surface area contributed by atoms with Crippen molar-refractivity contribution in [1.82, 2.24) is 15.2 Å². The highest BCUT2D eigenvalue weighted by molar-refractivity contribution is 5.03.